The molecule has 0 radical (unpaired) electrons. The monoisotopic (exact) mass is 355 g/mol. The average Bonchev–Trinajstić information content (AvgIpc) is 3.05. The SMILES string of the molecule is CCN(Cc1ccccc1)C(=O)CNC(=NC)N(C)Cc1cccn1C. The number of rotatable bonds is 7. The Bertz CT molecular complexity index is 723. The van der Waals surface area contributed by atoms with Gasteiger partial charge in [-0.1, -0.05) is 30.3 Å². The molecule has 0 unspecified atom stereocenters. The molecule has 6 nitrogen and oxygen atoms in total. The maximum absolute atomic E-state index is 12.6. The van der Waals surface area contributed by atoms with Crippen LogP contribution in [-0.2, 0) is 24.9 Å². The van der Waals surface area contributed by atoms with Crippen molar-refractivity contribution in [2.75, 3.05) is 27.2 Å². The number of carbonyl (C=O) groups excluding carboxylic acids is 1. The second kappa shape index (κ2) is 9.65. The van der Waals surface area contributed by atoms with E-state index in [-0.39, 0.29) is 12.5 Å². The third kappa shape index (κ3) is 5.37. The fourth-order valence-electron chi connectivity index (χ4n) is 2.81. The van der Waals surface area contributed by atoms with Gasteiger partial charge in [0.25, 0.3) is 0 Å². The van der Waals surface area contributed by atoms with Gasteiger partial charge in [0.2, 0.25) is 5.91 Å². The second-order valence-corrected chi connectivity index (χ2v) is 6.26. The maximum Gasteiger partial charge on any atom is 0.242 e. The van der Waals surface area contributed by atoms with Crippen LogP contribution in [-0.4, -0.2) is 53.4 Å². The standard InChI is InChI=1S/C20H29N5O/c1-5-25(15-17-10-7-6-8-11-17)19(26)14-22-20(21-2)24(4)16-18-12-9-13-23(18)3/h6-13H,5,14-16H2,1-4H3,(H,21,22). The summed E-state index contributed by atoms with van der Waals surface area (Å²) >= 11 is 0. The number of hydrogen-bond donors (Lipinski definition) is 1. The predicted octanol–water partition coefficient (Wildman–Crippen LogP) is 2.08. The number of benzene rings is 1. The van der Waals surface area contributed by atoms with Crippen LogP contribution in [0, 0.1) is 0 Å². The molecular formula is C20H29N5O. The van der Waals surface area contributed by atoms with Crippen LogP contribution in [0.5, 0.6) is 0 Å². The molecule has 26 heavy (non-hydrogen) atoms. The maximum atomic E-state index is 12.6. The molecule has 0 atom stereocenters. The molecule has 1 amide bonds. The van der Waals surface area contributed by atoms with E-state index >= 15 is 0 Å². The van der Waals surface area contributed by atoms with Crippen LogP contribution in [0.25, 0.3) is 0 Å². The summed E-state index contributed by atoms with van der Waals surface area (Å²) < 4.78 is 2.08. The van der Waals surface area contributed by atoms with Crippen molar-refractivity contribution in [2.45, 2.75) is 20.0 Å². The molecule has 0 saturated carbocycles. The van der Waals surface area contributed by atoms with Gasteiger partial charge in [-0.15, -0.1) is 0 Å². The van der Waals surface area contributed by atoms with Gasteiger partial charge in [0.15, 0.2) is 5.96 Å². The first-order chi connectivity index (χ1) is 12.5. The van der Waals surface area contributed by atoms with E-state index in [2.05, 4.69) is 20.9 Å². The molecule has 1 heterocycles. The Kier molecular flexibility index (Phi) is 7.26. The van der Waals surface area contributed by atoms with E-state index < -0.39 is 0 Å². The Labute approximate surface area is 156 Å². The molecule has 2 aromatic rings. The molecule has 0 fully saturated rings. The van der Waals surface area contributed by atoms with Gasteiger partial charge in [0.1, 0.15) is 0 Å². The fraction of sp³-hybridized carbons (Fsp3) is 0.400. The number of guanidine groups is 1. The number of amides is 1. The van der Waals surface area contributed by atoms with Crippen molar-refractivity contribution >= 4 is 11.9 Å². The minimum absolute atomic E-state index is 0.0600. The van der Waals surface area contributed by atoms with E-state index in [1.54, 1.807) is 7.05 Å². The number of aryl methyl sites for hydroxylation is 1. The molecule has 0 spiro atoms. The molecule has 0 aliphatic heterocycles. The lowest BCUT2D eigenvalue weighted by molar-refractivity contribution is -0.130. The quantitative estimate of drug-likeness (QED) is 0.611. The first-order valence-corrected chi connectivity index (χ1v) is 8.88. The van der Waals surface area contributed by atoms with Crippen molar-refractivity contribution in [2.24, 2.45) is 12.0 Å². The van der Waals surface area contributed by atoms with Crippen molar-refractivity contribution in [3.8, 4) is 0 Å². The summed E-state index contributed by atoms with van der Waals surface area (Å²) in [7, 11) is 5.72. The molecule has 0 aliphatic carbocycles. The highest BCUT2D eigenvalue weighted by Crippen LogP contribution is 2.05. The van der Waals surface area contributed by atoms with Crippen molar-refractivity contribution in [3.05, 3.63) is 59.9 Å². The van der Waals surface area contributed by atoms with Gasteiger partial charge in [0.05, 0.1) is 13.1 Å². The molecule has 1 aromatic heterocycles. The van der Waals surface area contributed by atoms with Crippen molar-refractivity contribution in [1.29, 1.82) is 0 Å². The van der Waals surface area contributed by atoms with E-state index in [0.29, 0.717) is 19.0 Å². The molecule has 1 aromatic carbocycles. The summed E-state index contributed by atoms with van der Waals surface area (Å²) in [5.74, 6) is 0.764. The number of likely N-dealkylation sites (N-methyl/N-ethyl adjacent to an activating group) is 1. The summed E-state index contributed by atoms with van der Waals surface area (Å²) in [6.45, 7) is 4.24. The second-order valence-electron chi connectivity index (χ2n) is 6.26. The fourth-order valence-corrected chi connectivity index (χ4v) is 2.81. The van der Waals surface area contributed by atoms with E-state index in [9.17, 15) is 4.79 Å². The largest absolute Gasteiger partial charge is 0.353 e. The van der Waals surface area contributed by atoms with E-state index in [0.717, 1.165) is 12.1 Å². The molecule has 0 bridgehead atoms. The third-order valence-electron chi connectivity index (χ3n) is 4.37. The molecule has 1 N–H and O–H groups in total. The number of nitrogens with zero attached hydrogens (tertiary/aromatic N) is 4. The lowest BCUT2D eigenvalue weighted by atomic mass is 10.2. The van der Waals surface area contributed by atoms with Gasteiger partial charge in [-0.25, -0.2) is 0 Å². The number of nitrogens with one attached hydrogen (secondary N) is 1. The zero-order valence-corrected chi connectivity index (χ0v) is 16.1. The van der Waals surface area contributed by atoms with Gasteiger partial charge in [-0.05, 0) is 24.6 Å². The molecule has 6 heteroatoms. The van der Waals surface area contributed by atoms with Crippen molar-refractivity contribution < 1.29 is 4.79 Å². The lowest BCUT2D eigenvalue weighted by Crippen LogP contribution is -2.45. The first kappa shape index (κ1) is 19.6. The van der Waals surface area contributed by atoms with Crippen LogP contribution in [0.2, 0.25) is 0 Å². The van der Waals surface area contributed by atoms with E-state index in [1.165, 1.54) is 5.69 Å². The normalized spacial score (nSPS) is 11.3. The van der Waals surface area contributed by atoms with Gasteiger partial charge in [-0.3, -0.25) is 9.79 Å². The summed E-state index contributed by atoms with van der Waals surface area (Å²) in [6, 6.07) is 14.1. The summed E-state index contributed by atoms with van der Waals surface area (Å²) in [5, 5.41) is 3.18. The minimum atomic E-state index is 0.0600. The molecular weight excluding hydrogens is 326 g/mol. The molecule has 2 rings (SSSR count). The Morgan fingerprint density at radius 3 is 2.46 bits per heavy atom. The molecule has 0 aliphatic rings. The highest BCUT2D eigenvalue weighted by Gasteiger charge is 2.14. The van der Waals surface area contributed by atoms with E-state index in [4.69, 9.17) is 0 Å². The van der Waals surface area contributed by atoms with Crippen LogP contribution in [0.1, 0.15) is 18.2 Å². The van der Waals surface area contributed by atoms with Crippen LogP contribution < -0.4 is 5.32 Å². The van der Waals surface area contributed by atoms with Gasteiger partial charge in [-0.2, -0.15) is 0 Å². The molecule has 0 saturated heterocycles. The highest BCUT2D eigenvalue weighted by molar-refractivity contribution is 5.86. The Hall–Kier alpha value is -2.76. The van der Waals surface area contributed by atoms with Gasteiger partial charge in [0, 0.05) is 46.1 Å². The van der Waals surface area contributed by atoms with Crippen LogP contribution in [0.4, 0.5) is 0 Å². The topological polar surface area (TPSA) is 52.9 Å². The first-order valence-electron chi connectivity index (χ1n) is 8.88. The Morgan fingerprint density at radius 2 is 1.88 bits per heavy atom. The summed E-state index contributed by atoms with van der Waals surface area (Å²) in [4.78, 5) is 20.7. The minimum Gasteiger partial charge on any atom is -0.353 e. The zero-order chi connectivity index (χ0) is 18.9. The van der Waals surface area contributed by atoms with Crippen molar-refractivity contribution in [3.63, 3.8) is 0 Å². The van der Waals surface area contributed by atoms with Crippen LogP contribution in [0.15, 0.2) is 53.7 Å². The van der Waals surface area contributed by atoms with Gasteiger partial charge >= 0.3 is 0 Å². The number of aliphatic imine (C=N–C) groups is 1. The number of aromatic nitrogens is 1. The van der Waals surface area contributed by atoms with Crippen LogP contribution >= 0.6 is 0 Å². The van der Waals surface area contributed by atoms with E-state index in [1.807, 2.05) is 73.4 Å². The van der Waals surface area contributed by atoms with Crippen LogP contribution in [0.3, 0.4) is 0 Å². The lowest BCUT2D eigenvalue weighted by Gasteiger charge is -2.25. The summed E-state index contributed by atoms with van der Waals surface area (Å²) in [6.07, 6.45) is 2.02. The average molecular weight is 355 g/mol. The Morgan fingerprint density at radius 1 is 1.15 bits per heavy atom. The number of carbonyl (C=O) groups is 1. The predicted molar refractivity (Wildman–Crippen MR) is 106 cm³/mol. The smallest absolute Gasteiger partial charge is 0.242 e. The highest BCUT2D eigenvalue weighted by atomic mass is 16.2. The Balaban J connectivity index is 1.89. The molecule has 140 valence electrons. The number of hydrogen-bond acceptors (Lipinski definition) is 2. The third-order valence-corrected chi connectivity index (χ3v) is 4.37. The summed E-state index contributed by atoms with van der Waals surface area (Å²) in [5.41, 5.74) is 2.31. The van der Waals surface area contributed by atoms with Crippen molar-refractivity contribution in [1.82, 2.24) is 19.7 Å². The van der Waals surface area contributed by atoms with Gasteiger partial charge < -0.3 is 19.7 Å². The zero-order valence-electron chi connectivity index (χ0n) is 16.1.